The van der Waals surface area contributed by atoms with Crippen LogP contribution in [0, 0.1) is 6.92 Å². The number of rotatable bonds is 3. The molecule has 2 heterocycles. The van der Waals surface area contributed by atoms with Crippen LogP contribution < -0.4 is 11.2 Å². The molecule has 0 aromatic carbocycles. The Morgan fingerprint density at radius 1 is 1.58 bits per heavy atom. The predicted octanol–water partition coefficient (Wildman–Crippen LogP) is -1.19. The van der Waals surface area contributed by atoms with Crippen LogP contribution in [0.4, 0.5) is 0 Å². The molecule has 106 valence electrons. The number of aryl methyl sites for hydroxylation is 1. The molecule has 1 aliphatic rings. The van der Waals surface area contributed by atoms with Gasteiger partial charge in [-0.15, -0.1) is 0 Å². The Hall–Kier alpha value is -1.48. The number of aromatic amines is 1. The maximum absolute atomic E-state index is 11.7. The lowest BCUT2D eigenvalue weighted by molar-refractivity contribution is -0.128. The summed E-state index contributed by atoms with van der Waals surface area (Å²) in [4.78, 5) is 25.2. The highest BCUT2D eigenvalue weighted by Gasteiger charge is 2.38. The third-order valence-electron chi connectivity index (χ3n) is 3.32. The number of nitrogens with zero attached hydrogens (tertiary/aromatic N) is 2. The molecule has 1 aromatic rings. The number of H-pyrrole nitrogens is 1. The van der Waals surface area contributed by atoms with Crippen LogP contribution in [-0.4, -0.2) is 50.7 Å². The molecule has 1 aromatic heterocycles. The Balaban J connectivity index is 2.32. The van der Waals surface area contributed by atoms with Crippen molar-refractivity contribution in [3.63, 3.8) is 0 Å². The lowest BCUT2D eigenvalue weighted by Gasteiger charge is -2.20. The van der Waals surface area contributed by atoms with Crippen LogP contribution in [-0.2, 0) is 4.74 Å². The first kappa shape index (κ1) is 13.9. The van der Waals surface area contributed by atoms with Crippen molar-refractivity contribution < 1.29 is 15.1 Å². The van der Waals surface area contributed by atoms with Crippen LogP contribution in [0.1, 0.15) is 18.2 Å². The maximum atomic E-state index is 11.7. The topological polar surface area (TPSA) is 108 Å². The average molecular weight is 271 g/mol. The Kier molecular flexibility index (Phi) is 3.85. The lowest BCUT2D eigenvalue weighted by atomic mass is 10.1. The Bertz CT molecular complexity index is 564. The van der Waals surface area contributed by atoms with E-state index in [0.717, 1.165) is 5.06 Å². The summed E-state index contributed by atoms with van der Waals surface area (Å²) < 4.78 is 6.80. The molecule has 3 atom stereocenters. The molecule has 1 aliphatic heterocycles. The van der Waals surface area contributed by atoms with Crippen molar-refractivity contribution in [1.29, 1.82) is 0 Å². The van der Waals surface area contributed by atoms with Crippen molar-refractivity contribution in [2.75, 3.05) is 13.7 Å². The number of nitrogens with one attached hydrogen (secondary N) is 1. The Morgan fingerprint density at radius 2 is 2.26 bits per heavy atom. The van der Waals surface area contributed by atoms with E-state index in [9.17, 15) is 19.9 Å². The van der Waals surface area contributed by atoms with Gasteiger partial charge < -0.3 is 15.1 Å². The molecule has 1 fully saturated rings. The van der Waals surface area contributed by atoms with E-state index in [1.54, 1.807) is 6.92 Å². The molecule has 2 rings (SSSR count). The molecule has 8 nitrogen and oxygen atoms in total. The summed E-state index contributed by atoms with van der Waals surface area (Å²) in [6, 6.07) is -0.408. The summed E-state index contributed by atoms with van der Waals surface area (Å²) in [6.45, 7) is 1.33. The van der Waals surface area contributed by atoms with E-state index in [1.165, 1.54) is 17.8 Å². The summed E-state index contributed by atoms with van der Waals surface area (Å²) in [5.74, 6) is 0. The molecule has 8 heteroatoms. The summed E-state index contributed by atoms with van der Waals surface area (Å²) in [5, 5.41) is 19.7. The van der Waals surface area contributed by atoms with Gasteiger partial charge in [-0.3, -0.25) is 14.3 Å². The summed E-state index contributed by atoms with van der Waals surface area (Å²) in [7, 11) is 1.46. The minimum Gasteiger partial charge on any atom is -0.394 e. The fraction of sp³-hybridized carbons (Fsp3) is 0.636. The van der Waals surface area contributed by atoms with Gasteiger partial charge in [0.25, 0.3) is 5.56 Å². The number of aliphatic hydroxyl groups excluding tert-OH is 1. The van der Waals surface area contributed by atoms with Gasteiger partial charge in [0, 0.05) is 25.2 Å². The van der Waals surface area contributed by atoms with E-state index < -0.39 is 29.6 Å². The first-order valence-corrected chi connectivity index (χ1v) is 5.94. The van der Waals surface area contributed by atoms with Gasteiger partial charge in [-0.25, -0.2) is 4.79 Å². The van der Waals surface area contributed by atoms with Gasteiger partial charge in [0.1, 0.15) is 12.3 Å². The predicted molar refractivity (Wildman–Crippen MR) is 65.0 cm³/mol. The summed E-state index contributed by atoms with van der Waals surface area (Å²) in [5.41, 5.74) is -0.614. The van der Waals surface area contributed by atoms with Crippen LogP contribution in [0.2, 0.25) is 0 Å². The molecule has 0 spiro atoms. The van der Waals surface area contributed by atoms with E-state index in [4.69, 9.17) is 4.74 Å². The first-order chi connectivity index (χ1) is 8.93. The number of aromatic nitrogens is 2. The van der Waals surface area contributed by atoms with Crippen molar-refractivity contribution in [3.05, 3.63) is 32.6 Å². The van der Waals surface area contributed by atoms with Crippen LogP contribution >= 0.6 is 0 Å². The van der Waals surface area contributed by atoms with Crippen LogP contribution in [0.3, 0.4) is 0 Å². The SMILES string of the molecule is Cc1cn(C2CC(N(C)O)C(CO)O2)c(=O)[nH]c1=O. The number of hydroxylamine groups is 2. The largest absolute Gasteiger partial charge is 0.394 e. The second-order valence-electron chi connectivity index (χ2n) is 4.67. The summed E-state index contributed by atoms with van der Waals surface area (Å²) in [6.07, 6.45) is 0.544. The molecule has 19 heavy (non-hydrogen) atoms. The highest BCUT2D eigenvalue weighted by atomic mass is 16.5. The third-order valence-corrected chi connectivity index (χ3v) is 3.32. The lowest BCUT2D eigenvalue weighted by Crippen LogP contribution is -2.37. The van der Waals surface area contributed by atoms with Crippen LogP contribution in [0.5, 0.6) is 0 Å². The van der Waals surface area contributed by atoms with Crippen LogP contribution in [0.15, 0.2) is 15.8 Å². The van der Waals surface area contributed by atoms with E-state index in [2.05, 4.69) is 4.98 Å². The van der Waals surface area contributed by atoms with E-state index in [1.807, 2.05) is 0 Å². The number of ether oxygens (including phenoxy) is 1. The number of hydrogen-bond donors (Lipinski definition) is 3. The molecule has 0 bridgehead atoms. The van der Waals surface area contributed by atoms with E-state index >= 15 is 0 Å². The number of likely N-dealkylation sites (N-methyl/N-ethyl adjacent to an activating group) is 1. The van der Waals surface area contributed by atoms with Crippen molar-refractivity contribution in [2.24, 2.45) is 0 Å². The van der Waals surface area contributed by atoms with Crippen molar-refractivity contribution in [1.82, 2.24) is 14.6 Å². The summed E-state index contributed by atoms with van der Waals surface area (Å²) >= 11 is 0. The highest BCUT2D eigenvalue weighted by molar-refractivity contribution is 5.02. The molecule has 3 N–H and O–H groups in total. The molecule has 0 amide bonds. The van der Waals surface area contributed by atoms with Crippen molar-refractivity contribution in [2.45, 2.75) is 31.7 Å². The fourth-order valence-electron chi connectivity index (χ4n) is 2.24. The zero-order valence-electron chi connectivity index (χ0n) is 10.7. The average Bonchev–Trinajstić information content (AvgIpc) is 2.77. The molecule has 3 unspecified atom stereocenters. The minimum absolute atomic E-state index is 0.261. The normalized spacial score (nSPS) is 27.1. The maximum Gasteiger partial charge on any atom is 0.330 e. The third kappa shape index (κ3) is 2.61. The second kappa shape index (κ2) is 5.25. The first-order valence-electron chi connectivity index (χ1n) is 5.94. The smallest absolute Gasteiger partial charge is 0.330 e. The van der Waals surface area contributed by atoms with Gasteiger partial charge in [0.05, 0.1) is 12.6 Å². The molecule has 0 saturated carbocycles. The number of aliphatic hydroxyl groups is 1. The molecular weight excluding hydrogens is 254 g/mol. The fourth-order valence-corrected chi connectivity index (χ4v) is 2.24. The zero-order chi connectivity index (χ0) is 14.2. The zero-order valence-corrected chi connectivity index (χ0v) is 10.7. The van der Waals surface area contributed by atoms with Crippen molar-refractivity contribution >= 4 is 0 Å². The van der Waals surface area contributed by atoms with Gasteiger partial charge in [-0.1, -0.05) is 0 Å². The van der Waals surface area contributed by atoms with Crippen LogP contribution in [0.25, 0.3) is 0 Å². The van der Waals surface area contributed by atoms with Gasteiger partial charge >= 0.3 is 5.69 Å². The minimum atomic E-state index is -0.625. The molecule has 0 radical (unpaired) electrons. The molecule has 1 saturated heterocycles. The monoisotopic (exact) mass is 271 g/mol. The molecular formula is C11H17N3O5. The molecule has 0 aliphatic carbocycles. The van der Waals surface area contributed by atoms with Gasteiger partial charge in [0.15, 0.2) is 0 Å². The quantitative estimate of drug-likeness (QED) is 0.597. The number of hydrogen-bond acceptors (Lipinski definition) is 6. The standard InChI is InChI=1S/C11H17N3O5/c1-6-4-14(11(17)12-10(6)16)9-3-7(13(2)18)8(5-15)19-9/h4,7-9,15,18H,3,5H2,1-2H3,(H,12,16,17). The second-order valence-corrected chi connectivity index (χ2v) is 4.67. The van der Waals surface area contributed by atoms with Gasteiger partial charge in [-0.05, 0) is 6.92 Å². The Labute approximate surface area is 108 Å². The van der Waals surface area contributed by atoms with E-state index in [-0.39, 0.29) is 6.61 Å². The van der Waals surface area contributed by atoms with Gasteiger partial charge in [-0.2, -0.15) is 5.06 Å². The van der Waals surface area contributed by atoms with Crippen molar-refractivity contribution in [3.8, 4) is 0 Å². The van der Waals surface area contributed by atoms with E-state index in [0.29, 0.717) is 12.0 Å². The highest BCUT2D eigenvalue weighted by Crippen LogP contribution is 2.29. The van der Waals surface area contributed by atoms with Gasteiger partial charge in [0.2, 0.25) is 0 Å². The Morgan fingerprint density at radius 3 is 2.79 bits per heavy atom.